The molecular weight excluding hydrogens is 250 g/mol. The van der Waals surface area contributed by atoms with Gasteiger partial charge >= 0.3 is 0 Å². The summed E-state index contributed by atoms with van der Waals surface area (Å²) in [5.41, 5.74) is 2.23. The molecule has 0 fully saturated rings. The van der Waals surface area contributed by atoms with Crippen molar-refractivity contribution in [1.29, 1.82) is 0 Å². The molecule has 110 valence electrons. The third kappa shape index (κ3) is 3.62. The molecule has 0 saturated carbocycles. The van der Waals surface area contributed by atoms with E-state index in [1.807, 2.05) is 32.9 Å². The molecule has 0 spiro atoms. The van der Waals surface area contributed by atoms with Crippen molar-refractivity contribution in [2.45, 2.75) is 40.5 Å². The van der Waals surface area contributed by atoms with Crippen molar-refractivity contribution in [1.82, 2.24) is 4.98 Å². The van der Waals surface area contributed by atoms with Gasteiger partial charge in [0, 0.05) is 11.5 Å². The number of fused-ring (bicyclic) bond motifs is 1. The van der Waals surface area contributed by atoms with Gasteiger partial charge in [0.05, 0.1) is 19.2 Å². The molecule has 2 rings (SSSR count). The van der Waals surface area contributed by atoms with Crippen LogP contribution in [-0.2, 0) is 6.42 Å². The number of para-hydroxylation sites is 1. The average Bonchev–Trinajstić information content (AvgIpc) is 2.50. The van der Waals surface area contributed by atoms with E-state index in [4.69, 9.17) is 9.47 Å². The SMILES string of the molecule is CC.CCCc1cccc2c(OCC)cc(OC)nc12. The number of aryl methyl sites for hydroxylation is 1. The van der Waals surface area contributed by atoms with E-state index in [1.54, 1.807) is 7.11 Å². The van der Waals surface area contributed by atoms with Crippen LogP contribution in [0.2, 0.25) is 0 Å². The third-order valence-corrected chi connectivity index (χ3v) is 2.89. The number of nitrogens with zero attached hydrogens (tertiary/aromatic N) is 1. The molecule has 0 bridgehead atoms. The lowest BCUT2D eigenvalue weighted by molar-refractivity contribution is 0.338. The Labute approximate surface area is 121 Å². The third-order valence-electron chi connectivity index (χ3n) is 2.89. The van der Waals surface area contributed by atoms with Crippen molar-refractivity contribution >= 4 is 10.9 Å². The number of methoxy groups -OCH3 is 1. The molecule has 20 heavy (non-hydrogen) atoms. The molecule has 0 atom stereocenters. The number of rotatable bonds is 5. The first-order valence-corrected chi connectivity index (χ1v) is 7.39. The van der Waals surface area contributed by atoms with Gasteiger partial charge in [-0.15, -0.1) is 0 Å². The Morgan fingerprint density at radius 3 is 2.50 bits per heavy atom. The van der Waals surface area contributed by atoms with Crippen LogP contribution in [0.25, 0.3) is 10.9 Å². The molecule has 3 nitrogen and oxygen atoms in total. The molecule has 1 aromatic carbocycles. The molecule has 0 saturated heterocycles. The number of hydrogen-bond acceptors (Lipinski definition) is 3. The summed E-state index contributed by atoms with van der Waals surface area (Å²) in [7, 11) is 1.63. The fourth-order valence-electron chi connectivity index (χ4n) is 2.11. The highest BCUT2D eigenvalue weighted by Crippen LogP contribution is 2.30. The van der Waals surface area contributed by atoms with Gasteiger partial charge in [0.25, 0.3) is 0 Å². The lowest BCUT2D eigenvalue weighted by Crippen LogP contribution is -1.98. The standard InChI is InChI=1S/C15H19NO2.C2H6/c1-4-7-11-8-6-9-12-13(18-5-2)10-14(17-3)16-15(11)12;1-2/h6,8-10H,4-5,7H2,1-3H3;1-2H3. The highest BCUT2D eigenvalue weighted by Gasteiger charge is 2.10. The zero-order valence-corrected chi connectivity index (χ0v) is 13.2. The molecule has 3 heteroatoms. The van der Waals surface area contributed by atoms with Gasteiger partial charge in [-0.3, -0.25) is 0 Å². The quantitative estimate of drug-likeness (QED) is 0.797. The number of ether oxygens (including phenoxy) is 2. The predicted molar refractivity (Wildman–Crippen MR) is 84.8 cm³/mol. The largest absolute Gasteiger partial charge is 0.493 e. The summed E-state index contributed by atoms with van der Waals surface area (Å²) in [5, 5.41) is 1.06. The molecule has 0 N–H and O–H groups in total. The van der Waals surface area contributed by atoms with Gasteiger partial charge in [-0.2, -0.15) is 0 Å². The first-order valence-electron chi connectivity index (χ1n) is 7.39. The summed E-state index contributed by atoms with van der Waals surface area (Å²) in [5.74, 6) is 1.45. The second-order valence-electron chi connectivity index (χ2n) is 4.16. The fraction of sp³-hybridized carbons (Fsp3) is 0.471. The average molecular weight is 275 g/mol. The lowest BCUT2D eigenvalue weighted by atomic mass is 10.1. The van der Waals surface area contributed by atoms with Gasteiger partial charge in [-0.25, -0.2) is 4.98 Å². The van der Waals surface area contributed by atoms with Gasteiger partial charge < -0.3 is 9.47 Å². The summed E-state index contributed by atoms with van der Waals surface area (Å²) >= 11 is 0. The highest BCUT2D eigenvalue weighted by molar-refractivity contribution is 5.88. The first-order chi connectivity index (χ1) is 9.80. The molecule has 0 amide bonds. The minimum Gasteiger partial charge on any atom is -0.493 e. The van der Waals surface area contributed by atoms with Gasteiger partial charge in [-0.05, 0) is 25.0 Å². The van der Waals surface area contributed by atoms with Crippen molar-refractivity contribution in [3.05, 3.63) is 29.8 Å². The molecule has 1 aromatic heterocycles. The van der Waals surface area contributed by atoms with Crippen LogP contribution >= 0.6 is 0 Å². The molecule has 0 aliphatic heterocycles. The van der Waals surface area contributed by atoms with E-state index in [1.165, 1.54) is 5.56 Å². The van der Waals surface area contributed by atoms with Gasteiger partial charge in [0.2, 0.25) is 5.88 Å². The summed E-state index contributed by atoms with van der Waals surface area (Å²) in [6.07, 6.45) is 2.12. The van der Waals surface area contributed by atoms with Crippen LogP contribution in [0.5, 0.6) is 11.6 Å². The van der Waals surface area contributed by atoms with E-state index in [0.717, 1.165) is 29.5 Å². The van der Waals surface area contributed by atoms with E-state index in [0.29, 0.717) is 12.5 Å². The number of benzene rings is 1. The van der Waals surface area contributed by atoms with Crippen LogP contribution < -0.4 is 9.47 Å². The molecule has 0 unspecified atom stereocenters. The zero-order chi connectivity index (χ0) is 15.0. The van der Waals surface area contributed by atoms with E-state index < -0.39 is 0 Å². The maximum absolute atomic E-state index is 5.67. The maximum atomic E-state index is 5.67. The monoisotopic (exact) mass is 275 g/mol. The summed E-state index contributed by atoms with van der Waals surface area (Å²) in [6.45, 7) is 8.79. The Morgan fingerprint density at radius 2 is 1.90 bits per heavy atom. The maximum Gasteiger partial charge on any atom is 0.217 e. The topological polar surface area (TPSA) is 31.4 Å². The van der Waals surface area contributed by atoms with Crippen molar-refractivity contribution in [2.75, 3.05) is 13.7 Å². The van der Waals surface area contributed by atoms with Crippen LogP contribution in [-0.4, -0.2) is 18.7 Å². The Bertz CT molecular complexity index is 538. The highest BCUT2D eigenvalue weighted by atomic mass is 16.5. The first kappa shape index (κ1) is 16.3. The summed E-state index contributed by atoms with van der Waals surface area (Å²) in [4.78, 5) is 4.55. The Kier molecular flexibility index (Phi) is 6.85. The Balaban J connectivity index is 0.000000956. The fourth-order valence-corrected chi connectivity index (χ4v) is 2.11. The van der Waals surface area contributed by atoms with Crippen LogP contribution in [0.4, 0.5) is 0 Å². The van der Waals surface area contributed by atoms with Crippen LogP contribution in [0.15, 0.2) is 24.3 Å². The van der Waals surface area contributed by atoms with Crippen molar-refractivity contribution in [3.63, 3.8) is 0 Å². The smallest absolute Gasteiger partial charge is 0.217 e. The molecular formula is C17H25NO2. The van der Waals surface area contributed by atoms with E-state index in [2.05, 4.69) is 24.0 Å². The zero-order valence-electron chi connectivity index (χ0n) is 13.2. The van der Waals surface area contributed by atoms with Gasteiger partial charge in [0.1, 0.15) is 5.75 Å². The van der Waals surface area contributed by atoms with E-state index in [-0.39, 0.29) is 0 Å². The number of hydrogen-bond donors (Lipinski definition) is 0. The van der Waals surface area contributed by atoms with Crippen LogP contribution in [0.1, 0.15) is 39.7 Å². The summed E-state index contributed by atoms with van der Waals surface area (Å²) < 4.78 is 10.9. The summed E-state index contributed by atoms with van der Waals surface area (Å²) in [6, 6.07) is 8.07. The number of pyridine rings is 1. The minimum atomic E-state index is 0.606. The molecule has 0 aliphatic carbocycles. The molecule has 0 radical (unpaired) electrons. The second-order valence-corrected chi connectivity index (χ2v) is 4.16. The molecule has 1 heterocycles. The van der Waals surface area contributed by atoms with E-state index >= 15 is 0 Å². The molecule has 0 aliphatic rings. The Hall–Kier alpha value is -1.77. The van der Waals surface area contributed by atoms with Gasteiger partial charge in [0.15, 0.2) is 0 Å². The van der Waals surface area contributed by atoms with E-state index in [9.17, 15) is 0 Å². The number of aromatic nitrogens is 1. The van der Waals surface area contributed by atoms with Gasteiger partial charge in [-0.1, -0.05) is 39.3 Å². The minimum absolute atomic E-state index is 0.606. The predicted octanol–water partition coefficient (Wildman–Crippen LogP) is 4.62. The van der Waals surface area contributed by atoms with Crippen LogP contribution in [0, 0.1) is 0 Å². The van der Waals surface area contributed by atoms with Crippen molar-refractivity contribution in [3.8, 4) is 11.6 Å². The van der Waals surface area contributed by atoms with Crippen LogP contribution in [0.3, 0.4) is 0 Å². The lowest BCUT2D eigenvalue weighted by Gasteiger charge is -2.11. The Morgan fingerprint density at radius 1 is 1.15 bits per heavy atom. The van der Waals surface area contributed by atoms with Crippen molar-refractivity contribution < 1.29 is 9.47 Å². The molecule has 2 aromatic rings. The van der Waals surface area contributed by atoms with Crippen molar-refractivity contribution in [2.24, 2.45) is 0 Å². The second kappa shape index (κ2) is 8.41. The normalized spacial score (nSPS) is 9.85.